The molecule has 0 saturated carbocycles. The Kier molecular flexibility index (Phi) is 3.72. The quantitative estimate of drug-likeness (QED) is 0.770. The number of rotatable bonds is 5. The molecule has 0 spiro atoms. The molecule has 0 radical (unpaired) electrons. The van der Waals surface area contributed by atoms with Gasteiger partial charge in [0.1, 0.15) is 0 Å². The lowest BCUT2D eigenvalue weighted by molar-refractivity contribution is 0.643. The van der Waals surface area contributed by atoms with Gasteiger partial charge in [0, 0.05) is 38.4 Å². The summed E-state index contributed by atoms with van der Waals surface area (Å²) in [6.45, 7) is 1.91. The largest absolute Gasteiger partial charge is 0.312 e. The Morgan fingerprint density at radius 2 is 2.00 bits per heavy atom. The Morgan fingerprint density at radius 3 is 2.69 bits per heavy atom. The number of nitrogens with one attached hydrogen (secondary N) is 1. The molecule has 2 rings (SSSR count). The minimum absolute atomic E-state index is 0.929. The zero-order valence-corrected chi connectivity index (χ0v) is 9.56. The molecule has 1 aromatic heterocycles. The Labute approximate surface area is 96.1 Å². The van der Waals surface area contributed by atoms with Gasteiger partial charge in [0.15, 0.2) is 0 Å². The smallest absolute Gasteiger partial charge is 0.0492 e. The van der Waals surface area contributed by atoms with Crippen molar-refractivity contribution in [2.24, 2.45) is 7.05 Å². The molecule has 1 aromatic carbocycles. The number of aryl methyl sites for hydroxylation is 1. The van der Waals surface area contributed by atoms with Gasteiger partial charge in [-0.05, 0) is 11.6 Å². The molecule has 0 amide bonds. The average molecular weight is 215 g/mol. The normalized spacial score (nSPS) is 10.6. The Hall–Kier alpha value is -1.61. The summed E-state index contributed by atoms with van der Waals surface area (Å²) in [5, 5.41) is 7.57. The summed E-state index contributed by atoms with van der Waals surface area (Å²) in [6, 6.07) is 12.5. The average Bonchev–Trinajstić information content (AvgIpc) is 2.72. The van der Waals surface area contributed by atoms with E-state index in [1.807, 2.05) is 24.0 Å². The fourth-order valence-corrected chi connectivity index (χ4v) is 1.69. The molecule has 0 aliphatic carbocycles. The number of benzene rings is 1. The first kappa shape index (κ1) is 10.9. The van der Waals surface area contributed by atoms with E-state index < -0.39 is 0 Å². The molecule has 1 N–H and O–H groups in total. The van der Waals surface area contributed by atoms with Crippen LogP contribution in [-0.4, -0.2) is 16.3 Å². The van der Waals surface area contributed by atoms with Gasteiger partial charge in [0.25, 0.3) is 0 Å². The fraction of sp³-hybridized carbons (Fsp3) is 0.308. The minimum Gasteiger partial charge on any atom is -0.312 e. The third-order valence-electron chi connectivity index (χ3n) is 2.65. The van der Waals surface area contributed by atoms with Crippen LogP contribution in [0.1, 0.15) is 11.3 Å². The van der Waals surface area contributed by atoms with E-state index >= 15 is 0 Å². The van der Waals surface area contributed by atoms with Crippen LogP contribution in [0.15, 0.2) is 42.6 Å². The summed E-state index contributed by atoms with van der Waals surface area (Å²) < 4.78 is 1.92. The summed E-state index contributed by atoms with van der Waals surface area (Å²) in [4.78, 5) is 0. The van der Waals surface area contributed by atoms with Crippen molar-refractivity contribution >= 4 is 0 Å². The Morgan fingerprint density at radius 1 is 1.19 bits per heavy atom. The maximum atomic E-state index is 4.14. The minimum atomic E-state index is 0.929. The lowest BCUT2D eigenvalue weighted by Crippen LogP contribution is -2.17. The van der Waals surface area contributed by atoms with Gasteiger partial charge >= 0.3 is 0 Å². The van der Waals surface area contributed by atoms with Crippen molar-refractivity contribution in [1.29, 1.82) is 0 Å². The first-order chi connectivity index (χ1) is 7.86. The highest BCUT2D eigenvalue weighted by molar-refractivity contribution is 5.14. The third-order valence-corrected chi connectivity index (χ3v) is 2.65. The second kappa shape index (κ2) is 5.47. The fourth-order valence-electron chi connectivity index (χ4n) is 1.69. The van der Waals surface area contributed by atoms with Gasteiger partial charge in [-0.15, -0.1) is 0 Å². The second-order valence-electron chi connectivity index (χ2n) is 3.86. The van der Waals surface area contributed by atoms with E-state index in [1.165, 1.54) is 11.3 Å². The van der Waals surface area contributed by atoms with Crippen LogP contribution < -0.4 is 5.32 Å². The van der Waals surface area contributed by atoms with Crippen LogP contribution in [0.4, 0.5) is 0 Å². The van der Waals surface area contributed by atoms with E-state index in [9.17, 15) is 0 Å². The van der Waals surface area contributed by atoms with Gasteiger partial charge in [-0.2, -0.15) is 5.10 Å². The van der Waals surface area contributed by atoms with Crippen LogP contribution in [0.2, 0.25) is 0 Å². The first-order valence-electron chi connectivity index (χ1n) is 5.58. The molecule has 0 saturated heterocycles. The lowest BCUT2D eigenvalue weighted by Gasteiger charge is -2.05. The van der Waals surface area contributed by atoms with Gasteiger partial charge in [0.05, 0.1) is 0 Å². The van der Waals surface area contributed by atoms with Crippen molar-refractivity contribution in [3.05, 3.63) is 53.9 Å². The van der Waals surface area contributed by atoms with Gasteiger partial charge in [-0.3, -0.25) is 4.68 Å². The first-order valence-corrected chi connectivity index (χ1v) is 5.58. The van der Waals surface area contributed by atoms with Crippen LogP contribution in [0, 0.1) is 0 Å². The molecule has 3 nitrogen and oxygen atoms in total. The van der Waals surface area contributed by atoms with Crippen molar-refractivity contribution in [3.8, 4) is 0 Å². The van der Waals surface area contributed by atoms with Gasteiger partial charge in [0.2, 0.25) is 0 Å². The van der Waals surface area contributed by atoms with Crippen molar-refractivity contribution in [1.82, 2.24) is 15.1 Å². The topological polar surface area (TPSA) is 29.9 Å². The molecule has 0 aliphatic heterocycles. The second-order valence-corrected chi connectivity index (χ2v) is 3.86. The number of hydrogen-bond donors (Lipinski definition) is 1. The van der Waals surface area contributed by atoms with Crippen LogP contribution in [0.25, 0.3) is 0 Å². The van der Waals surface area contributed by atoms with E-state index in [1.54, 1.807) is 0 Å². The van der Waals surface area contributed by atoms with Crippen LogP contribution in [-0.2, 0) is 20.0 Å². The molecule has 0 aliphatic rings. The van der Waals surface area contributed by atoms with Crippen molar-refractivity contribution in [2.75, 3.05) is 6.54 Å². The molecule has 16 heavy (non-hydrogen) atoms. The molecule has 0 unspecified atom stereocenters. The van der Waals surface area contributed by atoms with E-state index in [0.29, 0.717) is 0 Å². The molecule has 0 atom stereocenters. The SMILES string of the molecule is Cn1nccc1CCNCc1ccccc1. The maximum Gasteiger partial charge on any atom is 0.0492 e. The van der Waals surface area contributed by atoms with Crippen molar-refractivity contribution in [2.45, 2.75) is 13.0 Å². The zero-order valence-electron chi connectivity index (χ0n) is 9.56. The van der Waals surface area contributed by atoms with Crippen LogP contribution in [0.5, 0.6) is 0 Å². The number of aromatic nitrogens is 2. The summed E-state index contributed by atoms with van der Waals surface area (Å²) in [5.74, 6) is 0. The highest BCUT2D eigenvalue weighted by atomic mass is 15.3. The van der Waals surface area contributed by atoms with Crippen molar-refractivity contribution < 1.29 is 0 Å². The predicted octanol–water partition coefficient (Wildman–Crippen LogP) is 1.75. The maximum absolute atomic E-state index is 4.14. The molecular formula is C13H17N3. The van der Waals surface area contributed by atoms with E-state index in [4.69, 9.17) is 0 Å². The molecule has 0 bridgehead atoms. The number of hydrogen-bond acceptors (Lipinski definition) is 2. The summed E-state index contributed by atoms with van der Waals surface area (Å²) in [7, 11) is 1.98. The Bertz CT molecular complexity index is 420. The molecule has 0 fully saturated rings. The summed E-state index contributed by atoms with van der Waals surface area (Å²) in [6.07, 6.45) is 2.86. The van der Waals surface area contributed by atoms with Gasteiger partial charge in [-0.1, -0.05) is 30.3 Å². The van der Waals surface area contributed by atoms with Gasteiger partial charge < -0.3 is 5.32 Å². The molecule has 2 aromatic rings. The van der Waals surface area contributed by atoms with E-state index in [2.05, 4.69) is 40.7 Å². The molecule has 84 valence electrons. The number of nitrogens with zero attached hydrogens (tertiary/aromatic N) is 2. The van der Waals surface area contributed by atoms with E-state index in [-0.39, 0.29) is 0 Å². The molecule has 3 heteroatoms. The van der Waals surface area contributed by atoms with Gasteiger partial charge in [-0.25, -0.2) is 0 Å². The Balaban J connectivity index is 1.72. The zero-order chi connectivity index (χ0) is 11.2. The van der Waals surface area contributed by atoms with E-state index in [0.717, 1.165) is 19.5 Å². The predicted molar refractivity (Wildman–Crippen MR) is 65.1 cm³/mol. The summed E-state index contributed by atoms with van der Waals surface area (Å²) >= 11 is 0. The van der Waals surface area contributed by atoms with Crippen LogP contribution in [0.3, 0.4) is 0 Å². The lowest BCUT2D eigenvalue weighted by atomic mass is 10.2. The highest BCUT2D eigenvalue weighted by Gasteiger charge is 1.97. The molecule has 1 heterocycles. The third kappa shape index (κ3) is 2.94. The molecular weight excluding hydrogens is 198 g/mol. The summed E-state index contributed by atoms with van der Waals surface area (Å²) in [5.41, 5.74) is 2.59. The standard InChI is InChI=1S/C13H17N3/c1-16-13(8-10-15-16)7-9-14-11-12-5-3-2-4-6-12/h2-6,8,10,14H,7,9,11H2,1H3. The highest BCUT2D eigenvalue weighted by Crippen LogP contribution is 1.99. The monoisotopic (exact) mass is 215 g/mol. The van der Waals surface area contributed by atoms with Crippen LogP contribution >= 0.6 is 0 Å². The van der Waals surface area contributed by atoms with Crippen molar-refractivity contribution in [3.63, 3.8) is 0 Å².